The van der Waals surface area contributed by atoms with Gasteiger partial charge in [-0.2, -0.15) is 5.10 Å². The quantitative estimate of drug-likeness (QED) is 0.928. The van der Waals surface area contributed by atoms with E-state index in [0.717, 1.165) is 5.69 Å². The molecule has 5 heteroatoms. The van der Waals surface area contributed by atoms with Gasteiger partial charge in [0.2, 0.25) is 0 Å². The maximum atomic E-state index is 12.1. The largest absolute Gasteiger partial charge is 0.495 e. The second-order valence-electron chi connectivity index (χ2n) is 4.65. The fourth-order valence-electron chi connectivity index (χ4n) is 1.71. The van der Waals surface area contributed by atoms with Gasteiger partial charge in [-0.15, -0.1) is 5.10 Å². The van der Waals surface area contributed by atoms with E-state index in [2.05, 4.69) is 15.5 Å². The number of nitrogens with one attached hydrogen (secondary N) is 1. The summed E-state index contributed by atoms with van der Waals surface area (Å²) in [7, 11) is 1.56. The highest BCUT2D eigenvalue weighted by Gasteiger charge is 2.11. The van der Waals surface area contributed by atoms with Gasteiger partial charge in [-0.1, -0.05) is 26.0 Å². The van der Waals surface area contributed by atoms with Crippen LogP contribution in [0.15, 0.2) is 36.4 Å². The summed E-state index contributed by atoms with van der Waals surface area (Å²) in [5.74, 6) is 0.582. The third kappa shape index (κ3) is 3.12. The molecule has 0 aliphatic rings. The first-order valence-electron chi connectivity index (χ1n) is 6.40. The first-order valence-corrected chi connectivity index (χ1v) is 6.40. The van der Waals surface area contributed by atoms with Gasteiger partial charge in [-0.25, -0.2) is 0 Å². The Labute approximate surface area is 118 Å². The van der Waals surface area contributed by atoms with Crippen LogP contribution in [0.2, 0.25) is 0 Å². The van der Waals surface area contributed by atoms with Gasteiger partial charge in [0.15, 0.2) is 5.69 Å². The summed E-state index contributed by atoms with van der Waals surface area (Å²) in [5.41, 5.74) is 1.74. The second-order valence-corrected chi connectivity index (χ2v) is 4.65. The molecule has 104 valence electrons. The average Bonchev–Trinajstić information content (AvgIpc) is 2.48. The lowest BCUT2D eigenvalue weighted by Crippen LogP contribution is -2.15. The Balaban J connectivity index is 2.15. The lowest BCUT2D eigenvalue weighted by atomic mass is 10.1. The van der Waals surface area contributed by atoms with Crippen molar-refractivity contribution in [3.8, 4) is 5.75 Å². The van der Waals surface area contributed by atoms with Crippen LogP contribution in [0.3, 0.4) is 0 Å². The molecule has 0 atom stereocenters. The molecule has 1 amide bonds. The number of methoxy groups -OCH3 is 1. The first kappa shape index (κ1) is 14.0. The molecule has 0 fully saturated rings. The summed E-state index contributed by atoms with van der Waals surface area (Å²) in [5, 5.41) is 10.8. The van der Waals surface area contributed by atoms with Crippen LogP contribution in [0.1, 0.15) is 35.9 Å². The third-order valence-corrected chi connectivity index (χ3v) is 2.86. The molecule has 0 radical (unpaired) electrons. The van der Waals surface area contributed by atoms with Crippen molar-refractivity contribution in [2.24, 2.45) is 0 Å². The minimum Gasteiger partial charge on any atom is -0.495 e. The molecule has 0 bridgehead atoms. The van der Waals surface area contributed by atoms with Crippen molar-refractivity contribution in [3.63, 3.8) is 0 Å². The van der Waals surface area contributed by atoms with Crippen molar-refractivity contribution in [2.75, 3.05) is 12.4 Å². The molecule has 0 spiro atoms. The normalized spacial score (nSPS) is 10.4. The lowest BCUT2D eigenvalue weighted by Gasteiger charge is -2.09. The van der Waals surface area contributed by atoms with Gasteiger partial charge in [-0.3, -0.25) is 4.79 Å². The number of aromatic nitrogens is 2. The summed E-state index contributed by atoms with van der Waals surface area (Å²) in [6, 6.07) is 10.7. The number of ether oxygens (including phenoxy) is 1. The van der Waals surface area contributed by atoms with Crippen molar-refractivity contribution >= 4 is 11.6 Å². The molecule has 0 unspecified atom stereocenters. The van der Waals surface area contributed by atoms with Crippen LogP contribution >= 0.6 is 0 Å². The molecule has 1 heterocycles. The molecule has 5 nitrogen and oxygen atoms in total. The number of nitrogens with zero attached hydrogens (tertiary/aromatic N) is 2. The Bertz CT molecular complexity index is 594. The molecular formula is C15H17N3O2. The lowest BCUT2D eigenvalue weighted by molar-refractivity contribution is 0.102. The number of carbonyl (C=O) groups is 1. The topological polar surface area (TPSA) is 64.1 Å². The third-order valence-electron chi connectivity index (χ3n) is 2.86. The van der Waals surface area contributed by atoms with Crippen molar-refractivity contribution in [1.82, 2.24) is 10.2 Å². The second kappa shape index (κ2) is 6.14. The van der Waals surface area contributed by atoms with Crippen molar-refractivity contribution in [1.29, 1.82) is 0 Å². The van der Waals surface area contributed by atoms with Gasteiger partial charge in [0.25, 0.3) is 5.91 Å². The predicted molar refractivity (Wildman–Crippen MR) is 77.1 cm³/mol. The number of rotatable bonds is 4. The molecule has 0 aliphatic heterocycles. The van der Waals surface area contributed by atoms with E-state index in [1.807, 2.05) is 32.0 Å². The van der Waals surface area contributed by atoms with Gasteiger partial charge < -0.3 is 10.1 Å². The molecule has 1 aromatic carbocycles. The molecule has 1 aromatic heterocycles. The Morgan fingerprint density at radius 3 is 2.50 bits per heavy atom. The molecule has 0 aliphatic carbocycles. The highest BCUT2D eigenvalue weighted by molar-refractivity contribution is 6.03. The molecule has 2 aromatic rings. The number of anilines is 1. The SMILES string of the molecule is COc1ccccc1NC(=O)c1ccc(C(C)C)nn1. The summed E-state index contributed by atoms with van der Waals surface area (Å²) >= 11 is 0. The van der Waals surface area contributed by atoms with Crippen LogP contribution in [0.4, 0.5) is 5.69 Å². The van der Waals surface area contributed by atoms with E-state index in [0.29, 0.717) is 11.4 Å². The van der Waals surface area contributed by atoms with Gasteiger partial charge in [0.1, 0.15) is 5.75 Å². The fourth-order valence-corrected chi connectivity index (χ4v) is 1.71. The minimum absolute atomic E-state index is 0.278. The van der Waals surface area contributed by atoms with Crippen LogP contribution < -0.4 is 10.1 Å². The number of hydrogen-bond donors (Lipinski definition) is 1. The molecule has 0 saturated heterocycles. The number of hydrogen-bond acceptors (Lipinski definition) is 4. The van der Waals surface area contributed by atoms with E-state index < -0.39 is 0 Å². The smallest absolute Gasteiger partial charge is 0.276 e. The van der Waals surface area contributed by atoms with Crippen molar-refractivity contribution < 1.29 is 9.53 Å². The predicted octanol–water partition coefficient (Wildman–Crippen LogP) is 2.86. The zero-order valence-electron chi connectivity index (χ0n) is 11.8. The van der Waals surface area contributed by atoms with Crippen LogP contribution in [-0.4, -0.2) is 23.2 Å². The van der Waals surface area contributed by atoms with Crippen LogP contribution in [0.5, 0.6) is 5.75 Å². The molecule has 20 heavy (non-hydrogen) atoms. The number of amides is 1. The molecule has 1 N–H and O–H groups in total. The molecule has 2 rings (SSSR count). The number of para-hydroxylation sites is 2. The highest BCUT2D eigenvalue weighted by atomic mass is 16.5. The highest BCUT2D eigenvalue weighted by Crippen LogP contribution is 2.23. The standard InChI is InChI=1S/C15H17N3O2/c1-10(2)11-8-9-13(18-17-11)15(19)16-12-6-4-5-7-14(12)20-3/h4-10H,1-3H3,(H,16,19). The zero-order valence-corrected chi connectivity index (χ0v) is 11.8. The number of benzene rings is 1. The van der Waals surface area contributed by atoms with E-state index in [1.165, 1.54) is 0 Å². The summed E-state index contributed by atoms with van der Waals surface area (Å²) in [6.07, 6.45) is 0. The Kier molecular flexibility index (Phi) is 4.30. The van der Waals surface area contributed by atoms with Crippen molar-refractivity contribution in [3.05, 3.63) is 47.8 Å². The Morgan fingerprint density at radius 1 is 1.15 bits per heavy atom. The summed E-state index contributed by atoms with van der Waals surface area (Å²) in [4.78, 5) is 12.1. The maximum absolute atomic E-state index is 12.1. The summed E-state index contributed by atoms with van der Waals surface area (Å²) < 4.78 is 5.18. The molecule has 0 saturated carbocycles. The van der Waals surface area contributed by atoms with Gasteiger partial charge in [-0.05, 0) is 30.2 Å². The average molecular weight is 271 g/mol. The monoisotopic (exact) mass is 271 g/mol. The maximum Gasteiger partial charge on any atom is 0.276 e. The van der Waals surface area contributed by atoms with E-state index in [9.17, 15) is 4.79 Å². The van der Waals surface area contributed by atoms with Crippen molar-refractivity contribution in [2.45, 2.75) is 19.8 Å². The first-order chi connectivity index (χ1) is 9.61. The van der Waals surface area contributed by atoms with E-state index in [-0.39, 0.29) is 17.5 Å². The van der Waals surface area contributed by atoms with Crippen LogP contribution in [-0.2, 0) is 0 Å². The van der Waals surface area contributed by atoms with E-state index in [1.54, 1.807) is 25.3 Å². The minimum atomic E-state index is -0.308. The Hall–Kier alpha value is -2.43. The summed E-state index contributed by atoms with van der Waals surface area (Å²) in [6.45, 7) is 4.05. The van der Waals surface area contributed by atoms with Crippen LogP contribution in [0, 0.1) is 0 Å². The van der Waals surface area contributed by atoms with E-state index >= 15 is 0 Å². The molecular weight excluding hydrogens is 254 g/mol. The van der Waals surface area contributed by atoms with Crippen LogP contribution in [0.25, 0.3) is 0 Å². The van der Waals surface area contributed by atoms with Gasteiger partial charge in [0, 0.05) is 0 Å². The Morgan fingerprint density at radius 2 is 1.90 bits per heavy atom. The van der Waals surface area contributed by atoms with E-state index in [4.69, 9.17) is 4.74 Å². The van der Waals surface area contributed by atoms with Gasteiger partial charge >= 0.3 is 0 Å². The number of carbonyl (C=O) groups excluding carboxylic acids is 1. The zero-order chi connectivity index (χ0) is 14.5. The van der Waals surface area contributed by atoms with Gasteiger partial charge in [0.05, 0.1) is 18.5 Å². The fraction of sp³-hybridized carbons (Fsp3) is 0.267.